The number of hydrogen-bond acceptors (Lipinski definition) is 5. The van der Waals surface area contributed by atoms with E-state index in [1.165, 1.54) is 0 Å². The Hall–Kier alpha value is -3.25. The number of carbonyl (C=O) groups is 1. The SMILES string of the molecule is CC(C)(C)OC(=O)CCN1CCc2nc(-c3ccc(OCc4ccccc4)cc3)c(F)cc2C1. The van der Waals surface area contributed by atoms with Gasteiger partial charge in [0.1, 0.15) is 29.5 Å². The molecule has 0 amide bonds. The number of rotatable bonds is 7. The molecule has 0 N–H and O–H groups in total. The zero-order valence-corrected chi connectivity index (χ0v) is 20.0. The number of hydrogen-bond donors (Lipinski definition) is 0. The van der Waals surface area contributed by atoms with E-state index in [0.29, 0.717) is 31.8 Å². The molecule has 178 valence electrons. The molecule has 3 aromatic rings. The first kappa shape index (κ1) is 23.9. The molecule has 0 spiro atoms. The highest BCUT2D eigenvalue weighted by molar-refractivity contribution is 5.70. The predicted molar refractivity (Wildman–Crippen MR) is 130 cm³/mol. The van der Waals surface area contributed by atoms with Crippen molar-refractivity contribution in [1.82, 2.24) is 9.88 Å². The van der Waals surface area contributed by atoms with Crippen molar-refractivity contribution in [2.24, 2.45) is 0 Å². The van der Waals surface area contributed by atoms with Crippen molar-refractivity contribution in [2.45, 2.75) is 52.4 Å². The van der Waals surface area contributed by atoms with Gasteiger partial charge in [-0.3, -0.25) is 9.69 Å². The van der Waals surface area contributed by atoms with Crippen molar-refractivity contribution in [1.29, 1.82) is 0 Å². The summed E-state index contributed by atoms with van der Waals surface area (Å²) in [7, 11) is 0. The number of aromatic nitrogens is 1. The Morgan fingerprint density at radius 1 is 1.09 bits per heavy atom. The van der Waals surface area contributed by atoms with Crippen molar-refractivity contribution < 1.29 is 18.7 Å². The molecule has 0 radical (unpaired) electrons. The van der Waals surface area contributed by atoms with Gasteiger partial charge in [-0.05, 0) is 62.2 Å². The van der Waals surface area contributed by atoms with Crippen LogP contribution in [0.2, 0.25) is 0 Å². The lowest BCUT2D eigenvalue weighted by molar-refractivity contribution is -0.155. The van der Waals surface area contributed by atoms with Crippen LogP contribution >= 0.6 is 0 Å². The fraction of sp³-hybridized carbons (Fsp3) is 0.357. The fourth-order valence-corrected chi connectivity index (χ4v) is 3.99. The summed E-state index contributed by atoms with van der Waals surface area (Å²) >= 11 is 0. The molecule has 1 aliphatic heterocycles. The van der Waals surface area contributed by atoms with Crippen molar-refractivity contribution >= 4 is 5.97 Å². The monoisotopic (exact) mass is 462 g/mol. The van der Waals surface area contributed by atoms with E-state index in [9.17, 15) is 9.18 Å². The summed E-state index contributed by atoms with van der Waals surface area (Å²) in [5.41, 5.74) is 3.47. The smallest absolute Gasteiger partial charge is 0.307 e. The van der Waals surface area contributed by atoms with Crippen LogP contribution in [0.5, 0.6) is 5.75 Å². The molecule has 6 heteroatoms. The van der Waals surface area contributed by atoms with Crippen LogP contribution in [-0.4, -0.2) is 34.5 Å². The van der Waals surface area contributed by atoms with E-state index in [-0.39, 0.29) is 11.8 Å². The van der Waals surface area contributed by atoms with Gasteiger partial charge in [-0.15, -0.1) is 0 Å². The largest absolute Gasteiger partial charge is 0.489 e. The van der Waals surface area contributed by atoms with Crippen LogP contribution in [0, 0.1) is 5.82 Å². The van der Waals surface area contributed by atoms with Gasteiger partial charge in [-0.25, -0.2) is 9.37 Å². The molecular formula is C28H31FN2O3. The van der Waals surface area contributed by atoms with Crippen LogP contribution in [0.3, 0.4) is 0 Å². The average molecular weight is 463 g/mol. The van der Waals surface area contributed by atoms with Gasteiger partial charge < -0.3 is 9.47 Å². The molecule has 0 saturated carbocycles. The lowest BCUT2D eigenvalue weighted by atomic mass is 10.0. The maximum absolute atomic E-state index is 15.0. The summed E-state index contributed by atoms with van der Waals surface area (Å²) in [4.78, 5) is 18.8. The molecule has 0 unspecified atom stereocenters. The number of esters is 1. The number of fused-ring (bicyclic) bond motifs is 1. The van der Waals surface area contributed by atoms with Gasteiger partial charge >= 0.3 is 5.97 Å². The minimum Gasteiger partial charge on any atom is -0.489 e. The predicted octanol–water partition coefficient (Wildman–Crippen LogP) is 5.56. The first-order valence-corrected chi connectivity index (χ1v) is 11.7. The van der Waals surface area contributed by atoms with Gasteiger partial charge in [-0.2, -0.15) is 0 Å². The zero-order chi connectivity index (χ0) is 24.1. The minimum atomic E-state index is -0.485. The summed E-state index contributed by atoms with van der Waals surface area (Å²) in [6.45, 7) is 8.01. The van der Waals surface area contributed by atoms with Crippen molar-refractivity contribution in [3.05, 3.63) is 83.3 Å². The first-order valence-electron chi connectivity index (χ1n) is 11.7. The highest BCUT2D eigenvalue weighted by atomic mass is 19.1. The molecule has 4 rings (SSSR count). The maximum Gasteiger partial charge on any atom is 0.307 e. The van der Waals surface area contributed by atoms with E-state index in [4.69, 9.17) is 9.47 Å². The second-order valence-electron chi connectivity index (χ2n) is 9.59. The van der Waals surface area contributed by atoms with Crippen molar-refractivity contribution in [3.63, 3.8) is 0 Å². The maximum atomic E-state index is 15.0. The van der Waals surface area contributed by atoms with Crippen LogP contribution in [-0.2, 0) is 29.1 Å². The molecule has 1 aliphatic rings. The molecule has 0 bridgehead atoms. The van der Waals surface area contributed by atoms with E-state index >= 15 is 0 Å². The third kappa shape index (κ3) is 6.41. The van der Waals surface area contributed by atoms with Crippen molar-refractivity contribution in [2.75, 3.05) is 13.1 Å². The van der Waals surface area contributed by atoms with E-state index in [1.54, 1.807) is 6.07 Å². The second kappa shape index (κ2) is 10.3. The van der Waals surface area contributed by atoms with Gasteiger partial charge in [0.15, 0.2) is 0 Å². The van der Waals surface area contributed by atoms with E-state index in [1.807, 2.05) is 75.4 Å². The number of pyridine rings is 1. The summed E-state index contributed by atoms with van der Waals surface area (Å²) in [6, 6.07) is 18.9. The molecule has 0 atom stereocenters. The third-order valence-electron chi connectivity index (χ3n) is 5.63. The highest BCUT2D eigenvalue weighted by Gasteiger charge is 2.22. The summed E-state index contributed by atoms with van der Waals surface area (Å²) in [5.74, 6) is 0.173. The Balaban J connectivity index is 1.37. The number of halogens is 1. The number of nitrogens with zero attached hydrogens (tertiary/aromatic N) is 2. The third-order valence-corrected chi connectivity index (χ3v) is 5.63. The Morgan fingerprint density at radius 3 is 2.53 bits per heavy atom. The van der Waals surface area contributed by atoms with Crippen LogP contribution in [0.25, 0.3) is 11.3 Å². The van der Waals surface area contributed by atoms with E-state index in [0.717, 1.165) is 41.1 Å². The van der Waals surface area contributed by atoms with Crippen LogP contribution in [0.1, 0.15) is 44.0 Å². The van der Waals surface area contributed by atoms with Crippen LogP contribution in [0.4, 0.5) is 4.39 Å². The Morgan fingerprint density at radius 2 is 1.82 bits per heavy atom. The van der Waals surface area contributed by atoms with Gasteiger partial charge in [0.25, 0.3) is 0 Å². The molecule has 2 heterocycles. The molecule has 2 aromatic carbocycles. The Kier molecular flexibility index (Phi) is 7.27. The number of benzene rings is 2. The number of ether oxygens (including phenoxy) is 2. The Labute approximate surface area is 200 Å². The quantitative estimate of drug-likeness (QED) is 0.431. The minimum absolute atomic E-state index is 0.214. The molecule has 0 fully saturated rings. The zero-order valence-electron chi connectivity index (χ0n) is 20.0. The topological polar surface area (TPSA) is 51.7 Å². The summed E-state index contributed by atoms with van der Waals surface area (Å²) in [6.07, 6.45) is 1.04. The van der Waals surface area contributed by atoms with Gasteiger partial charge in [-0.1, -0.05) is 30.3 Å². The van der Waals surface area contributed by atoms with Crippen LogP contribution in [0.15, 0.2) is 60.7 Å². The fourth-order valence-electron chi connectivity index (χ4n) is 3.99. The van der Waals surface area contributed by atoms with E-state index < -0.39 is 5.60 Å². The van der Waals surface area contributed by atoms with Crippen LogP contribution < -0.4 is 4.74 Å². The number of carbonyl (C=O) groups excluding carboxylic acids is 1. The van der Waals surface area contributed by atoms with Crippen molar-refractivity contribution in [3.8, 4) is 17.0 Å². The molecule has 0 saturated heterocycles. The summed E-state index contributed by atoms with van der Waals surface area (Å²) < 4.78 is 26.2. The lowest BCUT2D eigenvalue weighted by Crippen LogP contribution is -2.34. The van der Waals surface area contributed by atoms with Gasteiger partial charge in [0, 0.05) is 37.3 Å². The van der Waals surface area contributed by atoms with E-state index in [2.05, 4.69) is 9.88 Å². The molecule has 1 aromatic heterocycles. The normalized spacial score (nSPS) is 13.9. The molecular weight excluding hydrogens is 431 g/mol. The molecule has 5 nitrogen and oxygen atoms in total. The lowest BCUT2D eigenvalue weighted by Gasteiger charge is -2.28. The van der Waals surface area contributed by atoms with Gasteiger partial charge in [0.05, 0.1) is 6.42 Å². The molecule has 0 aliphatic carbocycles. The summed E-state index contributed by atoms with van der Waals surface area (Å²) in [5, 5.41) is 0. The second-order valence-corrected chi connectivity index (χ2v) is 9.59. The Bertz CT molecular complexity index is 1120. The standard InChI is InChI=1S/C28H31FN2O3/c1-28(2,3)34-26(32)14-16-31-15-13-25-22(18-31)17-24(29)27(30-25)21-9-11-23(12-10-21)33-19-20-7-5-4-6-8-20/h4-12,17H,13-16,18-19H2,1-3H3. The average Bonchev–Trinajstić information content (AvgIpc) is 2.81. The molecule has 34 heavy (non-hydrogen) atoms. The highest BCUT2D eigenvalue weighted by Crippen LogP contribution is 2.28. The van der Waals surface area contributed by atoms with Gasteiger partial charge in [0.2, 0.25) is 0 Å². The first-order chi connectivity index (χ1) is 16.3.